The Labute approximate surface area is 104 Å². The summed E-state index contributed by atoms with van der Waals surface area (Å²) in [5.41, 5.74) is 6.56. The molecule has 0 radical (unpaired) electrons. The number of alkyl halides is 2. The highest BCUT2D eigenvalue weighted by molar-refractivity contribution is 5.91. The first kappa shape index (κ1) is 12.8. The number of rotatable bonds is 4. The Hall–Kier alpha value is -1.68. The summed E-state index contributed by atoms with van der Waals surface area (Å²) in [5, 5.41) is 1.76. The van der Waals surface area contributed by atoms with Crippen molar-refractivity contribution in [3.05, 3.63) is 42.0 Å². The number of methoxy groups -OCH3 is 1. The van der Waals surface area contributed by atoms with Crippen molar-refractivity contribution >= 4 is 10.8 Å². The van der Waals surface area contributed by atoms with Gasteiger partial charge in [-0.3, -0.25) is 0 Å². The maximum absolute atomic E-state index is 12.4. The molecule has 2 nitrogen and oxygen atoms in total. The minimum atomic E-state index is -2.40. The molecule has 2 N–H and O–H groups in total. The zero-order valence-electron chi connectivity index (χ0n) is 10.1. The van der Waals surface area contributed by atoms with Crippen LogP contribution in [0.1, 0.15) is 18.0 Å². The molecule has 1 atom stereocenters. The molecule has 0 bridgehead atoms. The van der Waals surface area contributed by atoms with Crippen LogP contribution in [0.15, 0.2) is 36.4 Å². The van der Waals surface area contributed by atoms with E-state index < -0.39 is 12.5 Å². The van der Waals surface area contributed by atoms with Crippen LogP contribution < -0.4 is 10.5 Å². The first-order valence-electron chi connectivity index (χ1n) is 5.73. The van der Waals surface area contributed by atoms with Crippen LogP contribution in [-0.2, 0) is 0 Å². The Morgan fingerprint density at radius 3 is 2.39 bits per heavy atom. The number of hydrogen-bond donors (Lipinski definition) is 1. The largest absolute Gasteiger partial charge is 0.496 e. The van der Waals surface area contributed by atoms with Crippen molar-refractivity contribution in [2.45, 2.75) is 18.9 Å². The normalized spacial score (nSPS) is 12.9. The van der Waals surface area contributed by atoms with Crippen molar-refractivity contribution in [3.63, 3.8) is 0 Å². The fourth-order valence-corrected chi connectivity index (χ4v) is 2.11. The van der Waals surface area contributed by atoms with Crippen LogP contribution >= 0.6 is 0 Å². The molecular formula is C14H15F2NO. The topological polar surface area (TPSA) is 35.2 Å². The average Bonchev–Trinajstić information content (AvgIpc) is 2.36. The summed E-state index contributed by atoms with van der Waals surface area (Å²) in [6.45, 7) is 0. The number of halogens is 2. The van der Waals surface area contributed by atoms with Gasteiger partial charge in [-0.25, -0.2) is 8.78 Å². The Balaban J connectivity index is 2.52. The molecular weight excluding hydrogens is 236 g/mol. The highest BCUT2D eigenvalue weighted by atomic mass is 19.3. The summed E-state index contributed by atoms with van der Waals surface area (Å²) in [7, 11) is 1.58. The van der Waals surface area contributed by atoms with E-state index in [-0.39, 0.29) is 6.42 Å². The molecule has 2 aromatic rings. The van der Waals surface area contributed by atoms with Crippen molar-refractivity contribution in [1.29, 1.82) is 0 Å². The van der Waals surface area contributed by atoms with E-state index in [0.717, 1.165) is 22.1 Å². The van der Waals surface area contributed by atoms with E-state index in [4.69, 9.17) is 10.5 Å². The molecule has 0 aliphatic carbocycles. The Morgan fingerprint density at radius 2 is 1.78 bits per heavy atom. The van der Waals surface area contributed by atoms with Gasteiger partial charge in [0.2, 0.25) is 6.43 Å². The number of benzene rings is 2. The van der Waals surface area contributed by atoms with Crippen LogP contribution in [-0.4, -0.2) is 13.5 Å². The van der Waals surface area contributed by atoms with E-state index in [0.29, 0.717) is 0 Å². The summed E-state index contributed by atoms with van der Waals surface area (Å²) >= 11 is 0. The molecule has 0 fully saturated rings. The molecule has 18 heavy (non-hydrogen) atoms. The van der Waals surface area contributed by atoms with Gasteiger partial charge in [0.15, 0.2) is 0 Å². The monoisotopic (exact) mass is 251 g/mol. The lowest BCUT2D eigenvalue weighted by atomic mass is 9.97. The van der Waals surface area contributed by atoms with Crippen molar-refractivity contribution < 1.29 is 13.5 Å². The Kier molecular flexibility index (Phi) is 3.77. The van der Waals surface area contributed by atoms with Gasteiger partial charge in [-0.2, -0.15) is 0 Å². The van der Waals surface area contributed by atoms with Gasteiger partial charge in [-0.1, -0.05) is 30.3 Å². The van der Waals surface area contributed by atoms with Crippen LogP contribution in [0.2, 0.25) is 0 Å². The highest BCUT2D eigenvalue weighted by Crippen LogP contribution is 2.32. The van der Waals surface area contributed by atoms with E-state index in [1.807, 2.05) is 24.3 Å². The molecule has 0 aromatic heterocycles. The molecule has 4 heteroatoms. The molecule has 0 heterocycles. The third kappa shape index (κ3) is 2.43. The molecule has 0 aliphatic rings. The fraction of sp³-hybridized carbons (Fsp3) is 0.286. The SMILES string of the molecule is COc1ccc([C@H](N)CC(F)F)c2ccccc12. The van der Waals surface area contributed by atoms with Gasteiger partial charge >= 0.3 is 0 Å². The van der Waals surface area contributed by atoms with E-state index >= 15 is 0 Å². The molecule has 2 aromatic carbocycles. The summed E-state index contributed by atoms with van der Waals surface area (Å²) < 4.78 is 30.1. The third-order valence-corrected chi connectivity index (χ3v) is 2.97. The van der Waals surface area contributed by atoms with Gasteiger partial charge in [-0.15, -0.1) is 0 Å². The minimum Gasteiger partial charge on any atom is -0.496 e. The van der Waals surface area contributed by atoms with E-state index in [9.17, 15) is 8.78 Å². The quantitative estimate of drug-likeness (QED) is 0.902. The van der Waals surface area contributed by atoms with Crippen molar-refractivity contribution in [3.8, 4) is 5.75 Å². The molecule has 0 aliphatic heterocycles. The van der Waals surface area contributed by atoms with E-state index in [1.165, 1.54) is 0 Å². The molecule has 0 saturated heterocycles. The lowest BCUT2D eigenvalue weighted by molar-refractivity contribution is 0.128. The second kappa shape index (κ2) is 5.31. The molecule has 0 amide bonds. The summed E-state index contributed by atoms with van der Waals surface area (Å²) in [6.07, 6.45) is -2.74. The second-order valence-corrected chi connectivity index (χ2v) is 4.14. The van der Waals surface area contributed by atoms with Gasteiger partial charge in [0.05, 0.1) is 7.11 Å². The second-order valence-electron chi connectivity index (χ2n) is 4.14. The van der Waals surface area contributed by atoms with Crippen molar-refractivity contribution in [1.82, 2.24) is 0 Å². The summed E-state index contributed by atoms with van der Waals surface area (Å²) in [4.78, 5) is 0. The number of ether oxygens (including phenoxy) is 1. The highest BCUT2D eigenvalue weighted by Gasteiger charge is 2.16. The first-order chi connectivity index (χ1) is 8.63. The fourth-order valence-electron chi connectivity index (χ4n) is 2.11. The summed E-state index contributed by atoms with van der Waals surface area (Å²) in [5.74, 6) is 0.721. The molecule has 0 spiro atoms. The van der Waals surface area contributed by atoms with Crippen LogP contribution in [0.5, 0.6) is 5.75 Å². The van der Waals surface area contributed by atoms with Crippen LogP contribution in [0.25, 0.3) is 10.8 Å². The zero-order chi connectivity index (χ0) is 13.1. The number of fused-ring (bicyclic) bond motifs is 1. The predicted octanol–water partition coefficient (Wildman–Crippen LogP) is 3.50. The molecule has 2 rings (SSSR count). The maximum atomic E-state index is 12.4. The zero-order valence-corrected chi connectivity index (χ0v) is 10.1. The van der Waals surface area contributed by atoms with E-state index in [2.05, 4.69) is 0 Å². The van der Waals surface area contributed by atoms with Gasteiger partial charge in [-0.05, 0) is 17.0 Å². The lowest BCUT2D eigenvalue weighted by Crippen LogP contribution is -2.14. The van der Waals surface area contributed by atoms with Crippen LogP contribution in [0.4, 0.5) is 8.78 Å². The van der Waals surface area contributed by atoms with E-state index in [1.54, 1.807) is 19.2 Å². The lowest BCUT2D eigenvalue weighted by Gasteiger charge is -2.16. The number of hydrogen-bond acceptors (Lipinski definition) is 2. The molecule has 0 unspecified atom stereocenters. The smallest absolute Gasteiger partial charge is 0.240 e. The standard InChI is InChI=1S/C14H15F2NO/c1-18-13-7-6-10(12(17)8-14(15)16)9-4-2-3-5-11(9)13/h2-7,12,14H,8,17H2,1H3/t12-/m1/s1. The maximum Gasteiger partial charge on any atom is 0.240 e. The molecule has 0 saturated carbocycles. The summed E-state index contributed by atoms with van der Waals surface area (Å²) in [6, 6.07) is 10.4. The van der Waals surface area contributed by atoms with Gasteiger partial charge in [0, 0.05) is 17.8 Å². The Morgan fingerprint density at radius 1 is 1.11 bits per heavy atom. The minimum absolute atomic E-state index is 0.337. The van der Waals surface area contributed by atoms with Gasteiger partial charge in [0.1, 0.15) is 5.75 Å². The predicted molar refractivity (Wildman–Crippen MR) is 68.0 cm³/mol. The molecule has 96 valence electrons. The van der Waals surface area contributed by atoms with Crippen molar-refractivity contribution in [2.24, 2.45) is 5.73 Å². The van der Waals surface area contributed by atoms with Crippen LogP contribution in [0.3, 0.4) is 0 Å². The van der Waals surface area contributed by atoms with Gasteiger partial charge in [0.25, 0.3) is 0 Å². The van der Waals surface area contributed by atoms with Crippen LogP contribution in [0, 0.1) is 0 Å². The number of nitrogens with two attached hydrogens (primary N) is 1. The van der Waals surface area contributed by atoms with Gasteiger partial charge < -0.3 is 10.5 Å². The first-order valence-corrected chi connectivity index (χ1v) is 5.73. The Bertz CT molecular complexity index is 542. The average molecular weight is 251 g/mol. The van der Waals surface area contributed by atoms with Crippen molar-refractivity contribution in [2.75, 3.05) is 7.11 Å². The third-order valence-electron chi connectivity index (χ3n) is 2.97.